The zero-order chi connectivity index (χ0) is 20.4. The van der Waals surface area contributed by atoms with Gasteiger partial charge in [-0.15, -0.1) is 0 Å². The molecule has 1 unspecified atom stereocenters. The van der Waals surface area contributed by atoms with E-state index in [1.54, 1.807) is 24.0 Å². The monoisotopic (exact) mass is 391 g/mol. The van der Waals surface area contributed by atoms with Crippen molar-refractivity contribution in [1.82, 2.24) is 15.0 Å². The molecule has 1 amide bonds. The van der Waals surface area contributed by atoms with Gasteiger partial charge in [0.2, 0.25) is 11.7 Å². The number of benzene rings is 2. The van der Waals surface area contributed by atoms with Gasteiger partial charge in [0, 0.05) is 17.7 Å². The predicted octanol–water partition coefficient (Wildman–Crippen LogP) is 4.11. The highest BCUT2D eigenvalue weighted by Crippen LogP contribution is 2.32. The van der Waals surface area contributed by atoms with Crippen molar-refractivity contribution in [2.75, 3.05) is 6.54 Å². The molecule has 4 rings (SSSR count). The van der Waals surface area contributed by atoms with E-state index >= 15 is 0 Å². The highest BCUT2D eigenvalue weighted by atomic mass is 16.5. The van der Waals surface area contributed by atoms with Crippen molar-refractivity contribution in [2.45, 2.75) is 32.2 Å². The molecule has 0 bridgehead atoms. The summed E-state index contributed by atoms with van der Waals surface area (Å²) >= 11 is 0. The fourth-order valence-corrected chi connectivity index (χ4v) is 3.70. The molecular formula is C22H21N3O4. The van der Waals surface area contributed by atoms with Crippen LogP contribution in [0.15, 0.2) is 53.1 Å². The molecule has 1 saturated heterocycles. The van der Waals surface area contributed by atoms with Crippen molar-refractivity contribution >= 4 is 11.9 Å². The van der Waals surface area contributed by atoms with Gasteiger partial charge in [0.05, 0.1) is 5.56 Å². The molecule has 1 aromatic heterocycles. The maximum Gasteiger partial charge on any atom is 0.335 e. The van der Waals surface area contributed by atoms with Crippen LogP contribution in [0.25, 0.3) is 11.4 Å². The molecule has 0 saturated carbocycles. The number of hydrogen-bond donors (Lipinski definition) is 1. The molecule has 0 aliphatic carbocycles. The summed E-state index contributed by atoms with van der Waals surface area (Å²) in [4.78, 5) is 30.8. The second-order valence-corrected chi connectivity index (χ2v) is 7.23. The standard InChI is InChI=1S/C22H21N3O4/c1-14-11-16(13-17(12-14)22(27)28)21(26)25-10-6-5-9-18(25)20-23-19(24-29-20)15-7-3-2-4-8-15/h2-4,7-8,11-13,18H,5-6,9-10H2,1H3,(H,27,28). The Morgan fingerprint density at radius 1 is 1.10 bits per heavy atom. The number of carboxylic acid groups (broad SMARTS) is 1. The number of aromatic nitrogens is 2. The molecule has 0 radical (unpaired) electrons. The quantitative estimate of drug-likeness (QED) is 0.719. The van der Waals surface area contributed by atoms with Crippen LogP contribution in [0.5, 0.6) is 0 Å². The van der Waals surface area contributed by atoms with Crippen LogP contribution >= 0.6 is 0 Å². The molecule has 7 nitrogen and oxygen atoms in total. The average Bonchev–Trinajstić information content (AvgIpc) is 3.23. The third-order valence-corrected chi connectivity index (χ3v) is 5.09. The van der Waals surface area contributed by atoms with Gasteiger partial charge >= 0.3 is 5.97 Å². The summed E-state index contributed by atoms with van der Waals surface area (Å²) in [7, 11) is 0. The van der Waals surface area contributed by atoms with Gasteiger partial charge in [-0.25, -0.2) is 4.79 Å². The molecule has 2 heterocycles. The fraction of sp³-hybridized carbons (Fsp3) is 0.273. The normalized spacial score (nSPS) is 16.6. The number of carbonyl (C=O) groups excluding carboxylic acids is 1. The maximum atomic E-state index is 13.2. The lowest BCUT2D eigenvalue weighted by molar-refractivity contribution is 0.0561. The smallest absolute Gasteiger partial charge is 0.335 e. The number of rotatable bonds is 4. The van der Waals surface area contributed by atoms with E-state index in [2.05, 4.69) is 10.1 Å². The number of nitrogens with zero attached hydrogens (tertiary/aromatic N) is 3. The first-order valence-electron chi connectivity index (χ1n) is 9.58. The van der Waals surface area contributed by atoms with Crippen LogP contribution in [-0.4, -0.2) is 38.6 Å². The number of carboxylic acids is 1. The molecular weight excluding hydrogens is 370 g/mol. The summed E-state index contributed by atoms with van der Waals surface area (Å²) in [6.07, 6.45) is 2.55. The molecule has 0 spiro atoms. The molecule has 2 aromatic carbocycles. The number of aromatic carboxylic acids is 1. The van der Waals surface area contributed by atoms with E-state index < -0.39 is 5.97 Å². The van der Waals surface area contributed by atoms with Crippen molar-refractivity contribution in [1.29, 1.82) is 0 Å². The Balaban J connectivity index is 1.64. The van der Waals surface area contributed by atoms with E-state index in [0.29, 0.717) is 23.8 Å². The SMILES string of the molecule is Cc1cc(C(=O)O)cc(C(=O)N2CCCCC2c2nc(-c3ccccc3)no2)c1. The highest BCUT2D eigenvalue weighted by molar-refractivity contribution is 5.98. The Morgan fingerprint density at radius 3 is 2.62 bits per heavy atom. The van der Waals surface area contributed by atoms with Gasteiger partial charge in [0.15, 0.2) is 0 Å². The minimum Gasteiger partial charge on any atom is -0.478 e. The Morgan fingerprint density at radius 2 is 1.86 bits per heavy atom. The first-order valence-corrected chi connectivity index (χ1v) is 9.58. The van der Waals surface area contributed by atoms with Crippen molar-refractivity contribution in [3.8, 4) is 11.4 Å². The Hall–Kier alpha value is -3.48. The number of piperidine rings is 1. The highest BCUT2D eigenvalue weighted by Gasteiger charge is 2.33. The lowest BCUT2D eigenvalue weighted by atomic mass is 9.99. The van der Waals surface area contributed by atoms with E-state index in [4.69, 9.17) is 4.52 Å². The van der Waals surface area contributed by atoms with Crippen molar-refractivity contribution in [3.63, 3.8) is 0 Å². The number of carbonyl (C=O) groups is 2. The zero-order valence-corrected chi connectivity index (χ0v) is 16.0. The summed E-state index contributed by atoms with van der Waals surface area (Å²) in [5, 5.41) is 13.4. The van der Waals surface area contributed by atoms with Crippen LogP contribution in [0, 0.1) is 6.92 Å². The second-order valence-electron chi connectivity index (χ2n) is 7.23. The van der Waals surface area contributed by atoms with Gasteiger partial charge in [0.1, 0.15) is 6.04 Å². The molecule has 1 atom stereocenters. The maximum absolute atomic E-state index is 13.2. The third kappa shape index (κ3) is 3.89. The molecule has 1 N–H and O–H groups in total. The van der Waals surface area contributed by atoms with Crippen molar-refractivity contribution in [2.24, 2.45) is 0 Å². The number of amides is 1. The van der Waals surface area contributed by atoms with Gasteiger partial charge in [-0.2, -0.15) is 4.98 Å². The largest absolute Gasteiger partial charge is 0.478 e. The molecule has 7 heteroatoms. The molecule has 148 valence electrons. The van der Waals surface area contributed by atoms with Crippen LogP contribution in [0.1, 0.15) is 57.5 Å². The molecule has 1 aliphatic rings. The lowest BCUT2D eigenvalue weighted by Gasteiger charge is -2.33. The topological polar surface area (TPSA) is 96.5 Å². The number of aryl methyl sites for hydroxylation is 1. The summed E-state index contributed by atoms with van der Waals surface area (Å²) in [6, 6.07) is 13.9. The van der Waals surface area contributed by atoms with Crippen LogP contribution in [-0.2, 0) is 0 Å². The first-order chi connectivity index (χ1) is 14.0. The van der Waals surface area contributed by atoms with Gasteiger partial charge in [-0.1, -0.05) is 35.5 Å². The Labute approximate surface area is 168 Å². The summed E-state index contributed by atoms with van der Waals surface area (Å²) in [6.45, 7) is 2.34. The summed E-state index contributed by atoms with van der Waals surface area (Å²) < 4.78 is 5.51. The first kappa shape index (κ1) is 18.9. The predicted molar refractivity (Wildman–Crippen MR) is 106 cm³/mol. The summed E-state index contributed by atoms with van der Waals surface area (Å²) in [5.74, 6) is -0.381. The fourth-order valence-electron chi connectivity index (χ4n) is 3.70. The third-order valence-electron chi connectivity index (χ3n) is 5.09. The zero-order valence-electron chi connectivity index (χ0n) is 16.0. The molecule has 1 aliphatic heterocycles. The van der Waals surface area contributed by atoms with Gasteiger partial charge in [-0.3, -0.25) is 4.79 Å². The van der Waals surface area contributed by atoms with Crippen molar-refractivity contribution in [3.05, 3.63) is 71.1 Å². The van der Waals surface area contributed by atoms with Crippen LogP contribution in [0.3, 0.4) is 0 Å². The van der Waals surface area contributed by atoms with Crippen LogP contribution in [0.4, 0.5) is 0 Å². The minimum absolute atomic E-state index is 0.103. The Kier molecular flexibility index (Phi) is 5.12. The summed E-state index contributed by atoms with van der Waals surface area (Å²) in [5.41, 5.74) is 2.04. The van der Waals surface area contributed by atoms with Gasteiger partial charge in [0.25, 0.3) is 5.91 Å². The molecule has 29 heavy (non-hydrogen) atoms. The second kappa shape index (κ2) is 7.87. The average molecular weight is 391 g/mol. The van der Waals surface area contributed by atoms with Crippen molar-refractivity contribution < 1.29 is 19.2 Å². The van der Waals surface area contributed by atoms with Crippen LogP contribution in [0.2, 0.25) is 0 Å². The van der Waals surface area contributed by atoms with Gasteiger partial charge in [-0.05, 0) is 49.9 Å². The van der Waals surface area contributed by atoms with E-state index in [1.165, 1.54) is 6.07 Å². The number of likely N-dealkylation sites (tertiary alicyclic amines) is 1. The van der Waals surface area contributed by atoms with E-state index in [-0.39, 0.29) is 17.5 Å². The molecule has 3 aromatic rings. The van der Waals surface area contributed by atoms with E-state index in [9.17, 15) is 14.7 Å². The van der Waals surface area contributed by atoms with E-state index in [1.807, 2.05) is 30.3 Å². The van der Waals surface area contributed by atoms with Crippen LogP contribution < -0.4 is 0 Å². The molecule has 1 fully saturated rings. The van der Waals surface area contributed by atoms with E-state index in [0.717, 1.165) is 30.4 Å². The minimum atomic E-state index is -1.05. The Bertz CT molecular complexity index is 1050. The van der Waals surface area contributed by atoms with Gasteiger partial charge < -0.3 is 14.5 Å². The number of hydrogen-bond acceptors (Lipinski definition) is 5. The lowest BCUT2D eigenvalue weighted by Crippen LogP contribution is -2.38.